The van der Waals surface area contributed by atoms with Gasteiger partial charge in [-0.15, -0.1) is 16.4 Å². The van der Waals surface area contributed by atoms with Crippen molar-refractivity contribution in [1.82, 2.24) is 9.78 Å². The number of ketones is 1. The number of hydrogen-bond donors (Lipinski definition) is 0. The average molecular weight is 388 g/mol. The highest BCUT2D eigenvalue weighted by Crippen LogP contribution is 2.21. The molecule has 8 nitrogen and oxygen atoms in total. The first-order chi connectivity index (χ1) is 13.1. The first-order valence-corrected chi connectivity index (χ1v) is 8.89. The molecule has 2 aromatic heterocycles. The molecule has 3 aromatic rings. The third kappa shape index (κ3) is 4.70. The van der Waals surface area contributed by atoms with Crippen molar-refractivity contribution < 1.29 is 23.5 Å². The Kier molecular flexibility index (Phi) is 5.82. The van der Waals surface area contributed by atoms with Crippen LogP contribution in [0.15, 0.2) is 51.0 Å². The summed E-state index contributed by atoms with van der Waals surface area (Å²) in [6, 6.07) is 10.2. The Bertz CT molecular complexity index is 989. The molecule has 27 heavy (non-hydrogen) atoms. The zero-order chi connectivity index (χ0) is 19.2. The summed E-state index contributed by atoms with van der Waals surface area (Å²) in [7, 11) is 1.50. The molecule has 0 fully saturated rings. The van der Waals surface area contributed by atoms with E-state index in [4.69, 9.17) is 13.9 Å². The van der Waals surface area contributed by atoms with Crippen LogP contribution >= 0.6 is 11.3 Å². The van der Waals surface area contributed by atoms with Crippen LogP contribution in [0.5, 0.6) is 5.75 Å². The normalized spacial score (nSPS) is 10.6. The summed E-state index contributed by atoms with van der Waals surface area (Å²) in [6.45, 7) is -0.389. The maximum Gasteiger partial charge on any atom is 0.437 e. The number of thiophene rings is 1. The third-order valence-corrected chi connectivity index (χ3v) is 4.48. The van der Waals surface area contributed by atoms with Gasteiger partial charge in [0.1, 0.15) is 5.75 Å². The number of nitrogens with zero attached hydrogens (tertiary/aromatic N) is 2. The molecule has 0 unspecified atom stereocenters. The lowest BCUT2D eigenvalue weighted by Crippen LogP contribution is -2.20. The lowest BCUT2D eigenvalue weighted by Gasteiger charge is -2.05. The van der Waals surface area contributed by atoms with E-state index in [0.29, 0.717) is 11.3 Å². The molecule has 0 aliphatic carbocycles. The molecule has 0 saturated heterocycles. The summed E-state index contributed by atoms with van der Waals surface area (Å²) >= 11 is 1.39. The van der Waals surface area contributed by atoms with Gasteiger partial charge in [0, 0.05) is 5.56 Å². The van der Waals surface area contributed by atoms with Crippen LogP contribution in [-0.2, 0) is 16.1 Å². The van der Waals surface area contributed by atoms with E-state index in [2.05, 4.69) is 5.10 Å². The molecule has 0 atom stereocenters. The van der Waals surface area contributed by atoms with Crippen LogP contribution in [0.25, 0.3) is 10.8 Å². The molecular weight excluding hydrogens is 372 g/mol. The fraction of sp³-hybridized carbons (Fsp3) is 0.222. The van der Waals surface area contributed by atoms with Gasteiger partial charge < -0.3 is 13.9 Å². The van der Waals surface area contributed by atoms with Crippen LogP contribution in [0.1, 0.15) is 16.8 Å². The summed E-state index contributed by atoms with van der Waals surface area (Å²) in [4.78, 5) is 36.4. The zero-order valence-electron chi connectivity index (χ0n) is 14.4. The highest BCUT2D eigenvalue weighted by molar-refractivity contribution is 7.13. The van der Waals surface area contributed by atoms with Crippen LogP contribution in [-0.4, -0.2) is 35.2 Å². The Morgan fingerprint density at radius 1 is 1.26 bits per heavy atom. The smallest absolute Gasteiger partial charge is 0.437 e. The number of aromatic nitrogens is 2. The molecule has 3 rings (SSSR count). The molecule has 2 heterocycles. The number of rotatable bonds is 8. The van der Waals surface area contributed by atoms with Gasteiger partial charge in [-0.3, -0.25) is 9.59 Å². The van der Waals surface area contributed by atoms with Crippen LogP contribution in [0.3, 0.4) is 0 Å². The minimum atomic E-state index is -0.654. The number of methoxy groups -OCH3 is 1. The van der Waals surface area contributed by atoms with Gasteiger partial charge in [0.25, 0.3) is 5.89 Å². The second kappa shape index (κ2) is 8.45. The standard InChI is InChI=1S/C18H16N2O6S/c1-24-13-5-2-4-12(10-13)14(21)11-25-16(22)7-8-20-18(23)26-17(19-20)15-6-3-9-27-15/h2-6,9-10H,7-8,11H2,1H3. The maximum absolute atomic E-state index is 12.1. The molecule has 0 saturated carbocycles. The average Bonchev–Trinajstić information content (AvgIpc) is 3.34. The molecular formula is C18H16N2O6S. The molecule has 140 valence electrons. The van der Waals surface area contributed by atoms with E-state index in [1.165, 1.54) is 18.4 Å². The fourth-order valence-corrected chi connectivity index (χ4v) is 2.89. The van der Waals surface area contributed by atoms with Gasteiger partial charge in [-0.25, -0.2) is 4.79 Å². The predicted octanol–water partition coefficient (Wildman–Crippen LogP) is 2.39. The Morgan fingerprint density at radius 3 is 2.85 bits per heavy atom. The Balaban J connectivity index is 1.51. The van der Waals surface area contributed by atoms with Gasteiger partial charge in [-0.1, -0.05) is 18.2 Å². The molecule has 9 heteroatoms. The van der Waals surface area contributed by atoms with E-state index in [-0.39, 0.29) is 31.2 Å². The molecule has 0 aliphatic rings. The van der Waals surface area contributed by atoms with Crippen molar-refractivity contribution in [1.29, 1.82) is 0 Å². The van der Waals surface area contributed by atoms with E-state index >= 15 is 0 Å². The number of esters is 1. The highest BCUT2D eigenvalue weighted by atomic mass is 32.1. The SMILES string of the molecule is COc1cccc(C(=O)COC(=O)CCn2nc(-c3cccs3)oc2=O)c1. The molecule has 0 N–H and O–H groups in total. The van der Waals surface area contributed by atoms with Crippen molar-refractivity contribution in [2.75, 3.05) is 13.7 Å². The van der Waals surface area contributed by atoms with Crippen molar-refractivity contribution in [3.8, 4) is 16.5 Å². The Hall–Kier alpha value is -3.20. The van der Waals surface area contributed by atoms with Crippen molar-refractivity contribution in [3.05, 3.63) is 57.9 Å². The van der Waals surface area contributed by atoms with Crippen molar-refractivity contribution in [2.24, 2.45) is 0 Å². The van der Waals surface area contributed by atoms with Crippen LogP contribution in [0.2, 0.25) is 0 Å². The van der Waals surface area contributed by atoms with Gasteiger partial charge in [0.2, 0.25) is 0 Å². The topological polar surface area (TPSA) is 101 Å². The Labute approximate surface area is 157 Å². The zero-order valence-corrected chi connectivity index (χ0v) is 15.2. The molecule has 0 bridgehead atoms. The lowest BCUT2D eigenvalue weighted by molar-refractivity contribution is -0.142. The van der Waals surface area contributed by atoms with Gasteiger partial charge in [0.15, 0.2) is 12.4 Å². The van der Waals surface area contributed by atoms with Crippen molar-refractivity contribution in [2.45, 2.75) is 13.0 Å². The molecule has 0 amide bonds. The van der Waals surface area contributed by atoms with Crippen molar-refractivity contribution in [3.63, 3.8) is 0 Å². The van der Waals surface area contributed by atoms with Gasteiger partial charge >= 0.3 is 11.7 Å². The second-order valence-corrected chi connectivity index (χ2v) is 6.39. The number of benzene rings is 1. The molecule has 0 spiro atoms. The minimum absolute atomic E-state index is 0.000107. The van der Waals surface area contributed by atoms with Gasteiger partial charge in [0.05, 0.1) is 25.0 Å². The number of carbonyl (C=O) groups is 2. The first kappa shape index (κ1) is 18.6. The summed E-state index contributed by atoms with van der Waals surface area (Å²) in [5.74, 6) is -0.867. The van der Waals surface area contributed by atoms with E-state index in [0.717, 1.165) is 9.56 Å². The Morgan fingerprint density at radius 2 is 2.11 bits per heavy atom. The lowest BCUT2D eigenvalue weighted by atomic mass is 10.1. The number of carbonyl (C=O) groups excluding carboxylic acids is 2. The molecule has 1 aromatic carbocycles. The quantitative estimate of drug-likeness (QED) is 0.431. The molecule has 0 radical (unpaired) electrons. The van der Waals surface area contributed by atoms with E-state index in [1.807, 2.05) is 11.4 Å². The number of Topliss-reactive ketones (excluding diaryl/α,β-unsaturated/α-hetero) is 1. The first-order valence-electron chi connectivity index (χ1n) is 8.01. The van der Waals surface area contributed by atoms with Crippen molar-refractivity contribution >= 4 is 23.1 Å². The minimum Gasteiger partial charge on any atom is -0.497 e. The highest BCUT2D eigenvalue weighted by Gasteiger charge is 2.14. The maximum atomic E-state index is 12.1. The number of ether oxygens (including phenoxy) is 2. The number of hydrogen-bond acceptors (Lipinski definition) is 8. The predicted molar refractivity (Wildman–Crippen MR) is 97.0 cm³/mol. The summed E-state index contributed by atoms with van der Waals surface area (Å²) in [5.41, 5.74) is 0.385. The second-order valence-electron chi connectivity index (χ2n) is 5.44. The summed E-state index contributed by atoms with van der Waals surface area (Å²) < 4.78 is 16.1. The van der Waals surface area contributed by atoms with E-state index in [9.17, 15) is 14.4 Å². The van der Waals surface area contributed by atoms with E-state index < -0.39 is 11.7 Å². The van der Waals surface area contributed by atoms with E-state index in [1.54, 1.807) is 30.3 Å². The third-order valence-electron chi connectivity index (χ3n) is 3.62. The number of aryl methyl sites for hydroxylation is 1. The van der Waals surface area contributed by atoms with Crippen LogP contribution in [0, 0.1) is 0 Å². The van der Waals surface area contributed by atoms with Crippen LogP contribution < -0.4 is 10.5 Å². The van der Waals surface area contributed by atoms with Crippen LogP contribution in [0.4, 0.5) is 0 Å². The molecule has 0 aliphatic heterocycles. The monoisotopic (exact) mass is 388 g/mol. The summed E-state index contributed by atoms with van der Waals surface area (Å²) in [6.07, 6.45) is -0.109. The summed E-state index contributed by atoms with van der Waals surface area (Å²) in [5, 5.41) is 5.88. The fourth-order valence-electron chi connectivity index (χ4n) is 2.24. The van der Waals surface area contributed by atoms with Gasteiger partial charge in [-0.05, 0) is 23.6 Å². The largest absolute Gasteiger partial charge is 0.497 e. The van der Waals surface area contributed by atoms with Gasteiger partial charge in [-0.2, -0.15) is 4.68 Å².